The lowest BCUT2D eigenvalue weighted by molar-refractivity contribution is 0.552. The van der Waals surface area contributed by atoms with E-state index in [4.69, 9.17) is 46.4 Å². The summed E-state index contributed by atoms with van der Waals surface area (Å²) < 4.78 is 33.9. The third-order valence-corrected chi connectivity index (χ3v) is 3.80. The van der Waals surface area contributed by atoms with Crippen molar-refractivity contribution in [1.82, 2.24) is 4.98 Å². The molecule has 0 saturated heterocycles. The van der Waals surface area contributed by atoms with E-state index in [-0.39, 0.29) is 0 Å². The van der Waals surface area contributed by atoms with Gasteiger partial charge in [0.2, 0.25) is 0 Å². The highest BCUT2D eigenvalue weighted by Gasteiger charge is 2.26. The molecule has 9 heteroatoms. The summed E-state index contributed by atoms with van der Waals surface area (Å²) in [5, 5.41) is -2.05. The fraction of sp³-hybridized carbons (Fsp3) is 0. The van der Waals surface area contributed by atoms with Gasteiger partial charge in [-0.15, -0.1) is 3.89 Å². The van der Waals surface area contributed by atoms with Crippen LogP contribution < -0.4 is 0 Å². The summed E-state index contributed by atoms with van der Waals surface area (Å²) in [6, 6.07) is 0. The van der Waals surface area contributed by atoms with Crippen LogP contribution in [0.1, 0.15) is 0 Å². The Balaban J connectivity index is 3.74. The minimum absolute atomic E-state index is 0.433. The van der Waals surface area contributed by atoms with Gasteiger partial charge in [0.25, 0.3) is 0 Å². The van der Waals surface area contributed by atoms with E-state index in [9.17, 15) is 12.3 Å². The highest BCUT2D eigenvalue weighted by atomic mass is 35.5. The fourth-order valence-corrected chi connectivity index (χ4v) is 2.69. The van der Waals surface area contributed by atoms with E-state index in [2.05, 4.69) is 4.98 Å². The van der Waals surface area contributed by atoms with Gasteiger partial charge in [0, 0.05) is 0 Å². The maximum atomic E-state index is 12.7. The first-order valence-electron chi connectivity index (χ1n) is 2.89. The first-order chi connectivity index (χ1) is 6.25. The summed E-state index contributed by atoms with van der Waals surface area (Å²) >= 11 is 21.6. The molecule has 1 aromatic heterocycles. The summed E-state index contributed by atoms with van der Waals surface area (Å²) in [6.45, 7) is 0. The minimum Gasteiger partial charge on any atom is -0.221 e. The normalized spacial score (nSPS) is 11.8. The maximum Gasteiger partial charge on any atom is 0.335 e. The van der Waals surface area contributed by atoms with Crippen molar-refractivity contribution in [3.8, 4) is 0 Å². The van der Waals surface area contributed by atoms with Gasteiger partial charge in [-0.3, -0.25) is 0 Å². The van der Waals surface area contributed by atoms with Gasteiger partial charge < -0.3 is 0 Å². The number of nitrogens with zero attached hydrogens (tertiary/aromatic N) is 1. The van der Waals surface area contributed by atoms with Gasteiger partial charge >= 0.3 is 10.2 Å². The molecule has 0 saturated carbocycles. The molecule has 0 atom stereocenters. The summed E-state index contributed by atoms with van der Waals surface area (Å²) in [5.41, 5.74) is 0. The van der Waals surface area contributed by atoms with Crippen LogP contribution in [-0.2, 0) is 10.2 Å². The second-order valence-electron chi connectivity index (χ2n) is 2.09. The molecule has 0 aliphatic carbocycles. The molecule has 1 aromatic rings. The molecular weight excluding hydrogens is 299 g/mol. The molecule has 0 aromatic carbocycles. The van der Waals surface area contributed by atoms with E-state index >= 15 is 0 Å². The van der Waals surface area contributed by atoms with Gasteiger partial charge in [-0.1, -0.05) is 46.4 Å². The molecule has 0 fully saturated rings. The van der Waals surface area contributed by atoms with Gasteiger partial charge in [-0.05, 0) is 0 Å². The van der Waals surface area contributed by atoms with Crippen molar-refractivity contribution < 1.29 is 12.3 Å². The van der Waals surface area contributed by atoms with Gasteiger partial charge in [0.1, 0.15) is 14.9 Å². The van der Waals surface area contributed by atoms with Crippen molar-refractivity contribution in [1.29, 1.82) is 0 Å². The number of hydrogen-bond donors (Lipinski definition) is 0. The van der Waals surface area contributed by atoms with Gasteiger partial charge in [0.05, 0.1) is 0 Å². The standard InChI is InChI=1S/C5Cl4FNO2S/c6-1-3(14(10,12)13)2(7)5(9)11-4(1)8. The predicted octanol–water partition coefficient (Wildman–Crippen LogP) is 3.35. The highest BCUT2D eigenvalue weighted by Crippen LogP contribution is 2.38. The van der Waals surface area contributed by atoms with Crippen LogP contribution in [0.15, 0.2) is 4.90 Å². The molecule has 0 aliphatic rings. The van der Waals surface area contributed by atoms with Crippen LogP contribution in [0.3, 0.4) is 0 Å². The minimum atomic E-state index is -5.08. The quantitative estimate of drug-likeness (QED) is 0.590. The topological polar surface area (TPSA) is 47.0 Å². The monoisotopic (exact) mass is 297 g/mol. The largest absolute Gasteiger partial charge is 0.335 e. The van der Waals surface area contributed by atoms with Crippen LogP contribution in [0.2, 0.25) is 20.4 Å². The second kappa shape index (κ2) is 3.98. The molecule has 0 N–H and O–H groups in total. The molecule has 78 valence electrons. The third-order valence-electron chi connectivity index (χ3n) is 1.20. The molecule has 1 rings (SSSR count). The Kier molecular flexibility index (Phi) is 3.49. The fourth-order valence-electron chi connectivity index (χ4n) is 0.682. The summed E-state index contributed by atoms with van der Waals surface area (Å²) in [4.78, 5) is 2.42. The molecule has 14 heavy (non-hydrogen) atoms. The van der Waals surface area contributed by atoms with E-state index in [1.54, 1.807) is 0 Å². The lowest BCUT2D eigenvalue weighted by Gasteiger charge is -2.04. The van der Waals surface area contributed by atoms with Crippen LogP contribution >= 0.6 is 46.4 Å². The molecule has 0 aliphatic heterocycles. The molecular formula is C5Cl4FNO2S. The van der Waals surface area contributed by atoms with Crippen molar-refractivity contribution in [3.63, 3.8) is 0 Å². The smallest absolute Gasteiger partial charge is 0.221 e. The number of rotatable bonds is 1. The lowest BCUT2D eigenvalue weighted by atomic mass is 10.5. The van der Waals surface area contributed by atoms with Crippen molar-refractivity contribution >= 4 is 56.6 Å². The SMILES string of the molecule is O=S(=O)(F)c1c(Cl)c(Cl)nc(Cl)c1Cl. The lowest BCUT2D eigenvalue weighted by Crippen LogP contribution is -1.97. The van der Waals surface area contributed by atoms with Crippen LogP contribution in [0.5, 0.6) is 0 Å². The van der Waals surface area contributed by atoms with E-state index < -0.39 is 35.5 Å². The molecule has 0 amide bonds. The van der Waals surface area contributed by atoms with Crippen molar-refractivity contribution in [2.45, 2.75) is 4.90 Å². The van der Waals surface area contributed by atoms with Crippen molar-refractivity contribution in [3.05, 3.63) is 20.4 Å². The highest BCUT2D eigenvalue weighted by molar-refractivity contribution is 7.86. The number of halogens is 5. The van der Waals surface area contributed by atoms with Crippen LogP contribution in [-0.4, -0.2) is 13.4 Å². The van der Waals surface area contributed by atoms with E-state index in [1.165, 1.54) is 0 Å². The van der Waals surface area contributed by atoms with E-state index in [0.29, 0.717) is 0 Å². The number of pyridine rings is 1. The first kappa shape index (κ1) is 12.3. The molecule has 0 spiro atoms. The molecule has 0 radical (unpaired) electrons. The summed E-state index contributed by atoms with van der Waals surface area (Å²) in [5.74, 6) is 0. The summed E-state index contributed by atoms with van der Waals surface area (Å²) in [6.07, 6.45) is 0. The Morgan fingerprint density at radius 3 is 1.64 bits per heavy atom. The molecule has 0 bridgehead atoms. The van der Waals surface area contributed by atoms with E-state index in [0.717, 1.165) is 0 Å². The number of hydrogen-bond acceptors (Lipinski definition) is 3. The zero-order valence-corrected chi connectivity index (χ0v) is 9.90. The third kappa shape index (κ3) is 2.23. The average molecular weight is 299 g/mol. The molecule has 0 unspecified atom stereocenters. The maximum absolute atomic E-state index is 12.7. The van der Waals surface area contributed by atoms with Crippen LogP contribution in [0, 0.1) is 0 Å². The van der Waals surface area contributed by atoms with Gasteiger partial charge in [-0.2, -0.15) is 8.42 Å². The van der Waals surface area contributed by atoms with Crippen LogP contribution in [0.4, 0.5) is 3.89 Å². The molecule has 1 heterocycles. The zero-order chi connectivity index (χ0) is 11.1. The second-order valence-corrected chi connectivity index (χ2v) is 4.84. The summed E-state index contributed by atoms with van der Waals surface area (Å²) in [7, 11) is -5.08. The van der Waals surface area contributed by atoms with Crippen molar-refractivity contribution in [2.75, 3.05) is 0 Å². The Morgan fingerprint density at radius 2 is 1.36 bits per heavy atom. The predicted molar refractivity (Wildman–Crippen MR) is 52.6 cm³/mol. The Labute approximate surface area is 99.0 Å². The first-order valence-corrected chi connectivity index (χ1v) is 5.79. The van der Waals surface area contributed by atoms with Gasteiger partial charge in [0.15, 0.2) is 10.3 Å². The van der Waals surface area contributed by atoms with Crippen molar-refractivity contribution in [2.24, 2.45) is 0 Å². The van der Waals surface area contributed by atoms with Gasteiger partial charge in [-0.25, -0.2) is 4.98 Å². The Hall–Kier alpha value is 0.190. The molecule has 3 nitrogen and oxygen atoms in total. The number of aromatic nitrogens is 1. The Bertz CT molecular complexity index is 463. The van der Waals surface area contributed by atoms with Crippen LogP contribution in [0.25, 0.3) is 0 Å². The Morgan fingerprint density at radius 1 is 1.00 bits per heavy atom. The average Bonchev–Trinajstić information content (AvgIpc) is 1.98. The zero-order valence-electron chi connectivity index (χ0n) is 6.06. The van der Waals surface area contributed by atoms with E-state index in [1.807, 2.05) is 0 Å².